The zero-order chi connectivity index (χ0) is 31.4. The molecule has 0 saturated carbocycles. The first-order chi connectivity index (χ1) is 19.8. The number of carbonyl (C=O) groups is 7. The van der Waals surface area contributed by atoms with Crippen LogP contribution >= 0.6 is 0 Å². The summed E-state index contributed by atoms with van der Waals surface area (Å²) in [5, 5.41) is 35.3. The summed E-state index contributed by atoms with van der Waals surface area (Å²) in [6.07, 6.45) is -0.879. The van der Waals surface area contributed by atoms with E-state index in [-0.39, 0.29) is 25.7 Å². The number of nitrogens with one attached hydrogen (secondary N) is 4. The highest BCUT2D eigenvalue weighted by Gasteiger charge is 2.31. The van der Waals surface area contributed by atoms with Crippen molar-refractivity contribution in [2.45, 2.75) is 69.1 Å². The molecule has 2 rings (SSSR count). The third-order valence-corrected chi connectivity index (χ3v) is 6.31. The second kappa shape index (κ2) is 15.7. The second-order valence-corrected chi connectivity index (χ2v) is 9.56. The number of hydrogen-bond donors (Lipinski definition) is 9. The van der Waals surface area contributed by atoms with Crippen LogP contribution in [0.15, 0.2) is 30.5 Å². The molecule has 42 heavy (non-hydrogen) atoms. The summed E-state index contributed by atoms with van der Waals surface area (Å²) >= 11 is 0. The number of aromatic amines is 1. The molecular weight excluding hydrogens is 556 g/mol. The predicted octanol–water partition coefficient (Wildman–Crippen LogP) is -1.43. The minimum Gasteiger partial charge on any atom is -0.481 e. The minimum atomic E-state index is -1.50. The van der Waals surface area contributed by atoms with Gasteiger partial charge in [0.1, 0.15) is 18.1 Å². The predicted molar refractivity (Wildman–Crippen MR) is 146 cm³/mol. The number of carbonyl (C=O) groups excluding carboxylic acids is 4. The Balaban J connectivity index is 2.20. The number of aliphatic carboxylic acids is 3. The van der Waals surface area contributed by atoms with Gasteiger partial charge in [0.25, 0.3) is 0 Å². The molecule has 0 spiro atoms. The van der Waals surface area contributed by atoms with E-state index in [0.717, 1.165) is 10.9 Å². The SMILES string of the molecule is NC(=O)CCC(NC(=O)C(CCC(=O)O)NC(=O)C(N)CCC(=O)O)C(=O)NC(Cc1c[nH]c2ccccc12)C(=O)O. The van der Waals surface area contributed by atoms with Gasteiger partial charge in [0.15, 0.2) is 0 Å². The van der Waals surface area contributed by atoms with Crippen molar-refractivity contribution >= 4 is 52.4 Å². The fourth-order valence-electron chi connectivity index (χ4n) is 4.05. The van der Waals surface area contributed by atoms with Crippen LogP contribution in [0.25, 0.3) is 10.9 Å². The highest BCUT2D eigenvalue weighted by atomic mass is 16.4. The summed E-state index contributed by atoms with van der Waals surface area (Å²) < 4.78 is 0. The lowest BCUT2D eigenvalue weighted by molar-refractivity contribution is -0.142. The summed E-state index contributed by atoms with van der Waals surface area (Å²) in [6.45, 7) is 0. The van der Waals surface area contributed by atoms with Gasteiger partial charge in [-0.1, -0.05) is 18.2 Å². The smallest absolute Gasteiger partial charge is 0.326 e. The highest BCUT2D eigenvalue weighted by molar-refractivity contribution is 5.95. The van der Waals surface area contributed by atoms with Crippen LogP contribution in [0.1, 0.15) is 44.1 Å². The molecule has 1 aromatic heterocycles. The number of amides is 4. The van der Waals surface area contributed by atoms with Gasteiger partial charge in [-0.15, -0.1) is 0 Å². The zero-order valence-electron chi connectivity index (χ0n) is 22.5. The molecule has 0 aliphatic heterocycles. The van der Waals surface area contributed by atoms with E-state index in [1.165, 1.54) is 0 Å². The molecule has 4 unspecified atom stereocenters. The third-order valence-electron chi connectivity index (χ3n) is 6.31. The molecule has 11 N–H and O–H groups in total. The molecule has 2 aromatic rings. The van der Waals surface area contributed by atoms with Crippen LogP contribution < -0.4 is 27.4 Å². The topological polar surface area (TPSA) is 284 Å². The third kappa shape index (κ3) is 10.5. The first-order valence-electron chi connectivity index (χ1n) is 12.9. The van der Waals surface area contributed by atoms with Gasteiger partial charge in [-0.25, -0.2) is 4.79 Å². The minimum absolute atomic E-state index is 0.118. The Morgan fingerprint density at radius 1 is 0.738 bits per heavy atom. The van der Waals surface area contributed by atoms with Crippen LogP contribution in [-0.4, -0.2) is 86.0 Å². The van der Waals surface area contributed by atoms with Gasteiger partial charge in [-0.3, -0.25) is 28.8 Å². The molecule has 1 heterocycles. The Bertz CT molecular complexity index is 1330. The molecule has 4 atom stereocenters. The zero-order valence-corrected chi connectivity index (χ0v) is 22.5. The molecule has 0 saturated heterocycles. The number of para-hydroxylation sites is 1. The largest absolute Gasteiger partial charge is 0.481 e. The van der Waals surface area contributed by atoms with Crippen molar-refractivity contribution in [3.05, 3.63) is 36.0 Å². The Labute approximate surface area is 239 Å². The number of carboxylic acid groups (broad SMARTS) is 3. The lowest BCUT2D eigenvalue weighted by Crippen LogP contribution is -2.57. The van der Waals surface area contributed by atoms with Crippen LogP contribution in [0.3, 0.4) is 0 Å². The number of nitrogens with two attached hydrogens (primary N) is 2. The molecule has 4 amide bonds. The lowest BCUT2D eigenvalue weighted by atomic mass is 10.0. The van der Waals surface area contributed by atoms with Crippen molar-refractivity contribution < 1.29 is 48.9 Å². The van der Waals surface area contributed by atoms with E-state index in [4.69, 9.17) is 21.7 Å². The Kier molecular flexibility index (Phi) is 12.4. The number of benzene rings is 1. The number of fused-ring (bicyclic) bond motifs is 1. The van der Waals surface area contributed by atoms with Crippen LogP contribution in [0.2, 0.25) is 0 Å². The van der Waals surface area contributed by atoms with Gasteiger partial charge in [-0.2, -0.15) is 0 Å². The average molecular weight is 591 g/mol. The number of aromatic nitrogens is 1. The van der Waals surface area contributed by atoms with Crippen LogP contribution in [0.4, 0.5) is 0 Å². The van der Waals surface area contributed by atoms with E-state index < -0.39 is 85.0 Å². The quantitative estimate of drug-likeness (QED) is 0.0970. The fraction of sp³-hybridized carbons (Fsp3) is 0.423. The van der Waals surface area contributed by atoms with Crippen molar-refractivity contribution in [3.63, 3.8) is 0 Å². The molecule has 0 bridgehead atoms. The highest BCUT2D eigenvalue weighted by Crippen LogP contribution is 2.19. The second-order valence-electron chi connectivity index (χ2n) is 9.56. The molecular formula is C26H34N6O10. The lowest BCUT2D eigenvalue weighted by Gasteiger charge is -2.25. The fourth-order valence-corrected chi connectivity index (χ4v) is 4.05. The van der Waals surface area contributed by atoms with E-state index in [1.807, 2.05) is 0 Å². The van der Waals surface area contributed by atoms with Crippen molar-refractivity contribution in [1.29, 1.82) is 0 Å². The molecule has 16 nitrogen and oxygen atoms in total. The molecule has 0 radical (unpaired) electrons. The molecule has 228 valence electrons. The van der Waals surface area contributed by atoms with E-state index in [9.17, 15) is 38.7 Å². The number of hydrogen-bond acceptors (Lipinski definition) is 8. The maximum absolute atomic E-state index is 13.2. The van der Waals surface area contributed by atoms with Gasteiger partial charge in [0.2, 0.25) is 23.6 Å². The summed E-state index contributed by atoms with van der Waals surface area (Å²) in [6, 6.07) is 1.38. The van der Waals surface area contributed by atoms with Crippen LogP contribution in [0.5, 0.6) is 0 Å². The summed E-state index contributed by atoms with van der Waals surface area (Å²) in [5.41, 5.74) is 12.2. The molecule has 0 aliphatic carbocycles. The van der Waals surface area contributed by atoms with Gasteiger partial charge in [0, 0.05) is 42.8 Å². The van der Waals surface area contributed by atoms with E-state index in [2.05, 4.69) is 20.9 Å². The maximum atomic E-state index is 13.2. The molecule has 0 fully saturated rings. The van der Waals surface area contributed by atoms with Gasteiger partial charge >= 0.3 is 17.9 Å². The monoisotopic (exact) mass is 590 g/mol. The molecule has 16 heteroatoms. The Hall–Kier alpha value is -4.99. The number of H-pyrrole nitrogens is 1. The molecule has 0 aliphatic rings. The van der Waals surface area contributed by atoms with E-state index >= 15 is 0 Å². The molecule has 1 aromatic carbocycles. The van der Waals surface area contributed by atoms with E-state index in [0.29, 0.717) is 5.56 Å². The summed E-state index contributed by atoms with van der Waals surface area (Å²) in [5.74, 6) is -7.56. The first-order valence-corrected chi connectivity index (χ1v) is 12.9. The summed E-state index contributed by atoms with van der Waals surface area (Å²) in [4.78, 5) is 87.0. The summed E-state index contributed by atoms with van der Waals surface area (Å²) in [7, 11) is 0. The van der Waals surface area contributed by atoms with E-state index in [1.54, 1.807) is 30.5 Å². The normalized spacial score (nSPS) is 13.7. The van der Waals surface area contributed by atoms with Gasteiger partial charge in [0.05, 0.1) is 6.04 Å². The van der Waals surface area contributed by atoms with Gasteiger partial charge < -0.3 is 47.7 Å². The van der Waals surface area contributed by atoms with Gasteiger partial charge in [-0.05, 0) is 30.9 Å². The maximum Gasteiger partial charge on any atom is 0.326 e. The number of rotatable bonds is 18. The van der Waals surface area contributed by atoms with Crippen molar-refractivity contribution in [2.75, 3.05) is 0 Å². The number of carboxylic acids is 3. The number of primary amides is 1. The average Bonchev–Trinajstić information content (AvgIpc) is 3.33. The van der Waals surface area contributed by atoms with Crippen LogP contribution in [-0.2, 0) is 40.0 Å². The Morgan fingerprint density at radius 3 is 1.83 bits per heavy atom. The standard InChI is InChI=1S/C26H34N6O10/c27-15(5-9-21(34)35)23(38)30-18(7-10-22(36)37)24(39)31-17(6-8-20(28)33)25(40)32-19(26(41)42)11-13-12-29-16-4-2-1-3-14(13)16/h1-4,12,15,17-19,29H,5-11,27H2,(H2,28,33)(H,30,38)(H,31,39)(H,32,40)(H,34,35)(H,36,37)(H,41,42). The first kappa shape index (κ1) is 33.2. The van der Waals surface area contributed by atoms with Crippen LogP contribution in [0, 0.1) is 0 Å². The van der Waals surface area contributed by atoms with Crippen molar-refractivity contribution in [3.8, 4) is 0 Å². The van der Waals surface area contributed by atoms with Crippen molar-refractivity contribution in [2.24, 2.45) is 11.5 Å². The van der Waals surface area contributed by atoms with Crippen molar-refractivity contribution in [1.82, 2.24) is 20.9 Å². The Morgan fingerprint density at radius 2 is 1.26 bits per heavy atom.